The summed E-state index contributed by atoms with van der Waals surface area (Å²) in [6.45, 7) is 18.1. The first kappa shape index (κ1) is 22.6. The zero-order valence-electron chi connectivity index (χ0n) is 17.6. The molecule has 1 aliphatic heterocycles. The van der Waals surface area contributed by atoms with Crippen LogP contribution in [0.25, 0.3) is 0 Å². The molecule has 26 heavy (non-hydrogen) atoms. The van der Waals surface area contributed by atoms with Crippen LogP contribution < -0.4 is 0 Å². The lowest BCUT2D eigenvalue weighted by atomic mass is 10.2. The molecule has 1 aliphatic rings. The highest BCUT2D eigenvalue weighted by Crippen LogP contribution is 2.39. The number of nitro groups is 1. The van der Waals surface area contributed by atoms with Crippen molar-refractivity contribution in [2.45, 2.75) is 90.8 Å². The van der Waals surface area contributed by atoms with Crippen molar-refractivity contribution in [2.75, 3.05) is 6.54 Å². The van der Waals surface area contributed by atoms with Gasteiger partial charge in [-0.2, -0.15) is 0 Å². The largest absolute Gasteiger partial charge is 0.443 e. The van der Waals surface area contributed by atoms with Crippen LogP contribution in [0.1, 0.15) is 54.9 Å². The number of hydrogen-bond donors (Lipinski definition) is 0. The van der Waals surface area contributed by atoms with Gasteiger partial charge in [0.2, 0.25) is 6.04 Å². The predicted molar refractivity (Wildman–Crippen MR) is 104 cm³/mol. The molecule has 0 aliphatic carbocycles. The molecule has 0 radical (unpaired) electrons. The smallest absolute Gasteiger partial charge is 0.414 e. The molecule has 0 bridgehead atoms. The van der Waals surface area contributed by atoms with E-state index in [1.54, 1.807) is 20.8 Å². The van der Waals surface area contributed by atoms with Gasteiger partial charge >= 0.3 is 6.09 Å². The van der Waals surface area contributed by atoms with Crippen LogP contribution in [0.3, 0.4) is 0 Å². The van der Waals surface area contributed by atoms with Crippen LogP contribution in [-0.2, 0) is 9.16 Å². The molecule has 8 heteroatoms. The molecule has 0 aromatic heterocycles. The lowest BCUT2D eigenvalue weighted by Crippen LogP contribution is -2.45. The molecular weight excluding hydrogens is 352 g/mol. The van der Waals surface area contributed by atoms with Crippen molar-refractivity contribution in [2.24, 2.45) is 0 Å². The third kappa shape index (κ3) is 6.09. The number of rotatable bonds is 4. The Bertz CT molecular complexity index is 575. The molecule has 150 valence electrons. The van der Waals surface area contributed by atoms with Crippen molar-refractivity contribution in [3.05, 3.63) is 21.9 Å². The van der Waals surface area contributed by atoms with E-state index in [0.717, 1.165) is 0 Å². The Kier molecular flexibility index (Phi) is 6.68. The third-order valence-electron chi connectivity index (χ3n) is 4.82. The number of carbonyl (C=O) groups excluding carboxylic acids is 1. The van der Waals surface area contributed by atoms with E-state index in [1.807, 2.05) is 0 Å². The molecule has 1 saturated heterocycles. The Morgan fingerprint density at radius 1 is 1.31 bits per heavy atom. The second-order valence-electron chi connectivity index (χ2n) is 9.48. The summed E-state index contributed by atoms with van der Waals surface area (Å²) in [4.78, 5) is 24.7. The molecule has 0 N–H and O–H groups in total. The van der Waals surface area contributed by atoms with Crippen LogP contribution in [0.15, 0.2) is 11.8 Å². The van der Waals surface area contributed by atoms with E-state index in [4.69, 9.17) is 9.16 Å². The number of ether oxygens (including phenoxy) is 1. The summed E-state index contributed by atoms with van der Waals surface area (Å²) in [6.07, 6.45) is 1.34. The maximum atomic E-state index is 12.6. The second kappa shape index (κ2) is 7.68. The zero-order chi connectivity index (χ0) is 20.5. The zero-order valence-corrected chi connectivity index (χ0v) is 18.6. The van der Waals surface area contributed by atoms with E-state index in [0.29, 0.717) is 18.7 Å². The van der Waals surface area contributed by atoms with Gasteiger partial charge in [0.25, 0.3) is 0 Å². The van der Waals surface area contributed by atoms with E-state index in [9.17, 15) is 14.9 Å². The SMILES string of the molecule is CC(C=C1CC(O[Si](C)(C)C(C)(C)C)CN1C(=O)OC(C)(C)C)[N+](=O)[O-]. The second-order valence-corrected chi connectivity index (χ2v) is 14.2. The van der Waals surface area contributed by atoms with Crippen molar-refractivity contribution in [1.82, 2.24) is 4.90 Å². The number of carbonyl (C=O) groups is 1. The minimum atomic E-state index is -2.01. The normalized spacial score (nSPS) is 21.8. The Labute approximate surface area is 158 Å². The van der Waals surface area contributed by atoms with Crippen molar-refractivity contribution in [3.8, 4) is 0 Å². The van der Waals surface area contributed by atoms with Crippen LogP contribution in [0.2, 0.25) is 18.1 Å². The van der Waals surface area contributed by atoms with Gasteiger partial charge in [-0.15, -0.1) is 0 Å². The van der Waals surface area contributed by atoms with Gasteiger partial charge in [0.15, 0.2) is 8.32 Å². The van der Waals surface area contributed by atoms with Crippen molar-refractivity contribution in [3.63, 3.8) is 0 Å². The lowest BCUT2D eigenvalue weighted by Gasteiger charge is -2.38. The molecule has 1 heterocycles. The summed E-state index contributed by atoms with van der Waals surface area (Å²) in [5, 5.41) is 11.1. The number of likely N-dealkylation sites (tertiary alicyclic amines) is 1. The molecule has 0 aromatic carbocycles. The Morgan fingerprint density at radius 2 is 1.85 bits per heavy atom. The molecule has 1 fully saturated rings. The molecule has 0 aromatic rings. The summed E-state index contributed by atoms with van der Waals surface area (Å²) in [5.74, 6) is 0. The van der Waals surface area contributed by atoms with Crippen molar-refractivity contribution < 1.29 is 18.9 Å². The highest BCUT2D eigenvalue weighted by molar-refractivity contribution is 6.74. The molecule has 1 amide bonds. The van der Waals surface area contributed by atoms with Crippen molar-refractivity contribution in [1.29, 1.82) is 0 Å². The van der Waals surface area contributed by atoms with Gasteiger partial charge in [-0.1, -0.05) is 20.8 Å². The Morgan fingerprint density at radius 3 is 2.27 bits per heavy atom. The van der Waals surface area contributed by atoms with Crippen LogP contribution >= 0.6 is 0 Å². The predicted octanol–water partition coefficient (Wildman–Crippen LogP) is 4.57. The molecule has 0 saturated carbocycles. The van der Waals surface area contributed by atoms with E-state index in [-0.39, 0.29) is 16.1 Å². The fourth-order valence-electron chi connectivity index (χ4n) is 2.41. The van der Waals surface area contributed by atoms with Gasteiger partial charge in [-0.05, 0) is 38.9 Å². The minimum Gasteiger partial charge on any atom is -0.443 e. The van der Waals surface area contributed by atoms with Crippen LogP contribution in [-0.4, -0.2) is 48.5 Å². The number of amides is 1. The number of nitrogens with zero attached hydrogens (tertiary/aromatic N) is 2. The summed E-state index contributed by atoms with van der Waals surface area (Å²) in [6, 6.07) is -0.874. The Balaban J connectivity index is 3.05. The highest BCUT2D eigenvalue weighted by Gasteiger charge is 2.43. The van der Waals surface area contributed by atoms with Crippen LogP contribution in [0, 0.1) is 10.1 Å². The number of hydrogen-bond acceptors (Lipinski definition) is 5. The average molecular weight is 387 g/mol. The first-order chi connectivity index (χ1) is 11.5. The van der Waals surface area contributed by atoms with Gasteiger partial charge in [-0.25, -0.2) is 4.79 Å². The minimum absolute atomic E-state index is 0.0460. The fourth-order valence-corrected chi connectivity index (χ4v) is 3.75. The average Bonchev–Trinajstić information content (AvgIpc) is 2.77. The molecule has 7 nitrogen and oxygen atoms in total. The molecule has 2 atom stereocenters. The van der Waals surface area contributed by atoms with Gasteiger partial charge in [0.05, 0.1) is 12.6 Å². The topological polar surface area (TPSA) is 81.9 Å². The highest BCUT2D eigenvalue weighted by atomic mass is 28.4. The van der Waals surface area contributed by atoms with Crippen LogP contribution in [0.4, 0.5) is 4.79 Å². The van der Waals surface area contributed by atoms with Gasteiger partial charge in [-0.3, -0.25) is 15.0 Å². The lowest BCUT2D eigenvalue weighted by molar-refractivity contribution is -0.505. The Hall–Kier alpha value is -1.41. The maximum absolute atomic E-state index is 12.6. The monoisotopic (exact) mass is 386 g/mol. The van der Waals surface area contributed by atoms with E-state index >= 15 is 0 Å². The molecule has 2 unspecified atom stereocenters. The maximum Gasteiger partial charge on any atom is 0.414 e. The van der Waals surface area contributed by atoms with E-state index < -0.39 is 26.1 Å². The molecule has 1 rings (SSSR count). The quantitative estimate of drug-likeness (QED) is 0.402. The van der Waals surface area contributed by atoms with E-state index in [2.05, 4.69) is 33.9 Å². The van der Waals surface area contributed by atoms with Crippen LogP contribution in [0.5, 0.6) is 0 Å². The summed E-state index contributed by atoms with van der Waals surface area (Å²) >= 11 is 0. The third-order valence-corrected chi connectivity index (χ3v) is 9.35. The summed E-state index contributed by atoms with van der Waals surface area (Å²) in [7, 11) is -2.01. The standard InChI is InChI=1S/C18H34N2O5Si/c1-13(20(22)23)10-14-11-15(25-26(8,9)18(5,6)7)12-19(14)16(21)24-17(2,3)4/h10,13,15H,11-12H2,1-9H3. The van der Waals surface area contributed by atoms with Gasteiger partial charge < -0.3 is 9.16 Å². The van der Waals surface area contributed by atoms with Gasteiger partial charge in [0.1, 0.15) is 5.60 Å². The summed E-state index contributed by atoms with van der Waals surface area (Å²) in [5.41, 5.74) is -0.0258. The fraction of sp³-hybridized carbons (Fsp3) is 0.833. The molecular formula is C18H34N2O5Si. The van der Waals surface area contributed by atoms with Crippen molar-refractivity contribution >= 4 is 14.4 Å². The first-order valence-electron chi connectivity index (χ1n) is 9.06. The first-order valence-corrected chi connectivity index (χ1v) is 12.0. The molecule has 0 spiro atoms. The van der Waals surface area contributed by atoms with E-state index in [1.165, 1.54) is 17.9 Å². The van der Waals surface area contributed by atoms with Gasteiger partial charge in [0, 0.05) is 30.0 Å². The summed E-state index contributed by atoms with van der Waals surface area (Å²) < 4.78 is 11.9.